The van der Waals surface area contributed by atoms with Crippen molar-refractivity contribution in [2.45, 2.75) is 33.1 Å². The van der Waals surface area contributed by atoms with Crippen LogP contribution in [0.25, 0.3) is 0 Å². The summed E-state index contributed by atoms with van der Waals surface area (Å²) in [6.45, 7) is 8.03. The van der Waals surface area contributed by atoms with Gasteiger partial charge in [0, 0.05) is 36.9 Å². The molecule has 0 radical (unpaired) electrons. The molecule has 0 aromatic heterocycles. The summed E-state index contributed by atoms with van der Waals surface area (Å²) in [6, 6.07) is 0. The summed E-state index contributed by atoms with van der Waals surface area (Å²) >= 11 is 1.75. The summed E-state index contributed by atoms with van der Waals surface area (Å²) < 4.78 is 1.05. The van der Waals surface area contributed by atoms with Crippen LogP contribution in [-0.4, -0.2) is 62.2 Å². The van der Waals surface area contributed by atoms with E-state index >= 15 is 0 Å². The Hall–Kier alpha value is -0.260. The molecule has 0 fully saturated rings. The first kappa shape index (κ1) is 19.7. The highest BCUT2D eigenvalue weighted by Crippen LogP contribution is 2.07. The second-order valence-corrected chi connectivity index (χ2v) is 7.30. The fourth-order valence-corrected chi connectivity index (χ4v) is 2.85. The van der Waals surface area contributed by atoms with Crippen molar-refractivity contribution in [3.63, 3.8) is 0 Å². The second kappa shape index (κ2) is 11.4. The third-order valence-electron chi connectivity index (χ3n) is 3.43. The van der Waals surface area contributed by atoms with E-state index in [2.05, 4.69) is 26.3 Å². The van der Waals surface area contributed by atoms with Crippen LogP contribution in [0.4, 0.5) is 0 Å². The molecule has 120 valence electrons. The zero-order chi connectivity index (χ0) is 15.4. The number of thioether (sulfide) groups is 1. The molecule has 20 heavy (non-hydrogen) atoms. The van der Waals surface area contributed by atoms with E-state index in [0.717, 1.165) is 35.5 Å². The first-order valence-electron chi connectivity index (χ1n) is 7.80. The molecule has 1 amide bonds. The number of rotatable bonds is 12. The van der Waals surface area contributed by atoms with E-state index in [-0.39, 0.29) is 11.8 Å². The van der Waals surface area contributed by atoms with Gasteiger partial charge in [0.25, 0.3) is 0 Å². The largest absolute Gasteiger partial charge is 0.356 e. The minimum absolute atomic E-state index is 0.0779. The summed E-state index contributed by atoms with van der Waals surface area (Å²) in [4.78, 5) is 11.9. The fourth-order valence-electron chi connectivity index (χ4n) is 2.01. The monoisotopic (exact) mass is 304 g/mol. The topological polar surface area (TPSA) is 55.1 Å². The summed E-state index contributed by atoms with van der Waals surface area (Å²) in [5.74, 6) is 2.05. The van der Waals surface area contributed by atoms with Gasteiger partial charge in [0.1, 0.15) is 0 Å². The quantitative estimate of drug-likeness (QED) is 0.426. The predicted molar refractivity (Wildman–Crippen MR) is 89.9 cm³/mol. The van der Waals surface area contributed by atoms with Crippen molar-refractivity contribution in [2.24, 2.45) is 11.7 Å². The molecule has 0 aliphatic heterocycles. The first-order chi connectivity index (χ1) is 9.43. The lowest BCUT2D eigenvalue weighted by Crippen LogP contribution is -2.42. The van der Waals surface area contributed by atoms with Crippen molar-refractivity contribution in [1.29, 1.82) is 0 Å². The van der Waals surface area contributed by atoms with Crippen molar-refractivity contribution >= 4 is 17.7 Å². The molecule has 1 unspecified atom stereocenters. The normalized spacial score (nSPS) is 13.2. The maximum atomic E-state index is 11.9. The molecule has 0 spiro atoms. The van der Waals surface area contributed by atoms with Gasteiger partial charge in [0.2, 0.25) is 5.91 Å². The number of amides is 1. The van der Waals surface area contributed by atoms with Crippen LogP contribution in [0.15, 0.2) is 0 Å². The number of nitrogens with two attached hydrogens (primary N) is 1. The number of quaternary nitrogens is 1. The Balaban J connectivity index is 3.69. The zero-order valence-electron chi connectivity index (χ0n) is 13.8. The maximum Gasteiger partial charge on any atom is 0.223 e. The molecule has 0 saturated heterocycles. The van der Waals surface area contributed by atoms with Gasteiger partial charge in [0.15, 0.2) is 0 Å². The molecule has 0 aromatic carbocycles. The molecule has 5 heteroatoms. The van der Waals surface area contributed by atoms with Crippen molar-refractivity contribution in [2.75, 3.05) is 51.8 Å². The van der Waals surface area contributed by atoms with Gasteiger partial charge in [-0.1, -0.05) is 20.3 Å². The summed E-state index contributed by atoms with van der Waals surface area (Å²) in [5, 5.41) is 3.04. The van der Waals surface area contributed by atoms with Gasteiger partial charge in [-0.25, -0.2) is 0 Å². The Kier molecular flexibility index (Phi) is 11.3. The number of hydrogen-bond donors (Lipinski definition) is 2. The van der Waals surface area contributed by atoms with Crippen molar-refractivity contribution in [3.8, 4) is 0 Å². The number of hydrogen-bond acceptors (Lipinski definition) is 3. The molecular formula is C15H34N3OS+. The molecule has 0 heterocycles. The molecule has 0 aliphatic carbocycles. The predicted octanol–water partition coefficient (Wildman–Crippen LogP) is 1.70. The van der Waals surface area contributed by atoms with Gasteiger partial charge in [-0.15, -0.1) is 0 Å². The molecular weight excluding hydrogens is 270 g/mol. The highest BCUT2D eigenvalue weighted by molar-refractivity contribution is 7.99. The average molecular weight is 305 g/mol. The van der Waals surface area contributed by atoms with E-state index in [1.807, 2.05) is 6.92 Å². The summed E-state index contributed by atoms with van der Waals surface area (Å²) in [5.41, 5.74) is 5.44. The van der Waals surface area contributed by atoms with Crippen LogP contribution in [0.1, 0.15) is 33.1 Å². The Morgan fingerprint density at radius 1 is 1.30 bits per heavy atom. The van der Waals surface area contributed by atoms with Crippen LogP contribution in [0.2, 0.25) is 0 Å². The average Bonchev–Trinajstić information content (AvgIpc) is 2.41. The standard InChI is InChI=1S/C15H33N3OS/c1-5-6-10-18(3,4)11-7-9-17-15(19)14(2)13-20-12-8-16/h14H,5-13,16H2,1-4H3/p+1. The van der Waals surface area contributed by atoms with Crippen molar-refractivity contribution in [3.05, 3.63) is 0 Å². The highest BCUT2D eigenvalue weighted by atomic mass is 32.2. The minimum Gasteiger partial charge on any atom is -0.356 e. The van der Waals surface area contributed by atoms with E-state index in [1.165, 1.54) is 19.4 Å². The van der Waals surface area contributed by atoms with Crippen LogP contribution in [0.5, 0.6) is 0 Å². The van der Waals surface area contributed by atoms with E-state index < -0.39 is 0 Å². The van der Waals surface area contributed by atoms with Gasteiger partial charge in [-0.3, -0.25) is 4.79 Å². The van der Waals surface area contributed by atoms with Gasteiger partial charge in [0.05, 0.1) is 27.2 Å². The van der Waals surface area contributed by atoms with Crippen LogP contribution in [0, 0.1) is 5.92 Å². The molecule has 0 rings (SSSR count). The molecule has 3 N–H and O–H groups in total. The summed E-state index contributed by atoms with van der Waals surface area (Å²) in [6.07, 6.45) is 3.57. The van der Waals surface area contributed by atoms with Crippen LogP contribution >= 0.6 is 11.8 Å². The fraction of sp³-hybridized carbons (Fsp3) is 0.933. The Labute approximate surface area is 129 Å². The van der Waals surface area contributed by atoms with E-state index in [4.69, 9.17) is 5.73 Å². The lowest BCUT2D eigenvalue weighted by molar-refractivity contribution is -0.890. The minimum atomic E-state index is 0.0779. The molecule has 0 aromatic rings. The molecule has 1 atom stereocenters. The number of unbranched alkanes of at least 4 members (excludes halogenated alkanes) is 1. The Bertz CT molecular complexity index is 260. The summed E-state index contributed by atoms with van der Waals surface area (Å²) in [7, 11) is 4.53. The van der Waals surface area contributed by atoms with Gasteiger partial charge in [-0.05, 0) is 6.42 Å². The molecule has 0 aliphatic rings. The number of carbonyl (C=O) groups excluding carboxylic acids is 1. The number of nitrogens with zero attached hydrogens (tertiary/aromatic N) is 1. The van der Waals surface area contributed by atoms with Gasteiger partial charge in [-0.2, -0.15) is 11.8 Å². The van der Waals surface area contributed by atoms with Crippen LogP contribution < -0.4 is 11.1 Å². The Morgan fingerprint density at radius 3 is 2.55 bits per heavy atom. The van der Waals surface area contributed by atoms with Crippen molar-refractivity contribution < 1.29 is 9.28 Å². The third kappa shape index (κ3) is 10.5. The molecule has 0 saturated carbocycles. The van der Waals surface area contributed by atoms with E-state index in [1.54, 1.807) is 11.8 Å². The molecule has 0 bridgehead atoms. The second-order valence-electron chi connectivity index (χ2n) is 6.15. The van der Waals surface area contributed by atoms with Crippen molar-refractivity contribution in [1.82, 2.24) is 5.32 Å². The van der Waals surface area contributed by atoms with Crippen LogP contribution in [0.3, 0.4) is 0 Å². The lowest BCUT2D eigenvalue weighted by atomic mass is 10.2. The third-order valence-corrected chi connectivity index (χ3v) is 4.69. The zero-order valence-corrected chi connectivity index (χ0v) is 14.6. The number of nitrogens with one attached hydrogen (secondary N) is 1. The van der Waals surface area contributed by atoms with Crippen LogP contribution in [-0.2, 0) is 4.79 Å². The maximum absolute atomic E-state index is 11.9. The number of carbonyl (C=O) groups is 1. The Morgan fingerprint density at radius 2 is 1.95 bits per heavy atom. The smallest absolute Gasteiger partial charge is 0.223 e. The first-order valence-corrected chi connectivity index (χ1v) is 8.96. The lowest BCUT2D eigenvalue weighted by Gasteiger charge is -2.29. The van der Waals surface area contributed by atoms with Gasteiger partial charge < -0.3 is 15.5 Å². The highest BCUT2D eigenvalue weighted by Gasteiger charge is 2.15. The van der Waals surface area contributed by atoms with E-state index in [9.17, 15) is 4.79 Å². The van der Waals surface area contributed by atoms with Gasteiger partial charge >= 0.3 is 0 Å². The van der Waals surface area contributed by atoms with E-state index in [0.29, 0.717) is 6.54 Å². The molecule has 4 nitrogen and oxygen atoms in total. The SMILES string of the molecule is CCCC[N+](C)(C)CCCNC(=O)C(C)CSCCN.